The minimum Gasteiger partial charge on any atom is -0.368 e. The molecule has 0 bridgehead atoms. The number of hydrogen-bond acceptors (Lipinski definition) is 6. The molecule has 1 saturated heterocycles. The second-order valence-corrected chi connectivity index (χ2v) is 6.59. The van der Waals surface area contributed by atoms with Crippen LogP contribution in [0.4, 0.5) is 11.6 Å². The smallest absolute Gasteiger partial charge is 0.151 e. The molecule has 0 atom stereocenters. The van der Waals surface area contributed by atoms with Crippen LogP contribution in [0.2, 0.25) is 0 Å². The molecule has 0 amide bonds. The van der Waals surface area contributed by atoms with Crippen LogP contribution < -0.4 is 10.2 Å². The molecule has 0 spiro atoms. The molecule has 1 aliphatic heterocycles. The van der Waals surface area contributed by atoms with E-state index in [1.807, 2.05) is 19.1 Å². The van der Waals surface area contributed by atoms with Gasteiger partial charge in [-0.1, -0.05) is 0 Å². The third kappa shape index (κ3) is 3.11. The van der Waals surface area contributed by atoms with Gasteiger partial charge in [-0.15, -0.1) is 10.2 Å². The van der Waals surface area contributed by atoms with Crippen molar-refractivity contribution in [1.82, 2.24) is 20.4 Å². The molecule has 1 fully saturated rings. The Morgan fingerprint density at radius 1 is 1.09 bits per heavy atom. The monoisotopic (exact) mass is 310 g/mol. The van der Waals surface area contributed by atoms with Gasteiger partial charge < -0.3 is 10.2 Å². The fourth-order valence-electron chi connectivity index (χ4n) is 3.26. The minimum absolute atomic E-state index is 0.621. The quantitative estimate of drug-likeness (QED) is 0.932. The van der Waals surface area contributed by atoms with Gasteiger partial charge in [0.2, 0.25) is 0 Å². The van der Waals surface area contributed by atoms with Crippen LogP contribution >= 0.6 is 0 Å². The molecule has 0 unspecified atom stereocenters. The average Bonchev–Trinajstić information content (AvgIpc) is 2.55. The van der Waals surface area contributed by atoms with Crippen LogP contribution in [0.3, 0.4) is 0 Å². The first-order valence-electron chi connectivity index (χ1n) is 8.42. The Balaban J connectivity index is 1.30. The normalized spacial score (nSPS) is 17.5. The van der Waals surface area contributed by atoms with Crippen LogP contribution in [0.15, 0.2) is 18.2 Å². The van der Waals surface area contributed by atoms with E-state index in [1.54, 1.807) is 0 Å². The van der Waals surface area contributed by atoms with Gasteiger partial charge in [-0.05, 0) is 56.4 Å². The summed E-state index contributed by atoms with van der Waals surface area (Å²) >= 11 is 0. The number of nitrogens with one attached hydrogen (secondary N) is 1. The first kappa shape index (κ1) is 14.4. The molecule has 2 aliphatic rings. The van der Waals surface area contributed by atoms with Crippen LogP contribution in [-0.2, 0) is 12.8 Å². The Morgan fingerprint density at radius 3 is 2.78 bits per heavy atom. The summed E-state index contributed by atoms with van der Waals surface area (Å²) in [5, 5.41) is 20.4. The van der Waals surface area contributed by atoms with E-state index in [4.69, 9.17) is 0 Å². The van der Waals surface area contributed by atoms with E-state index in [2.05, 4.69) is 36.7 Å². The highest BCUT2D eigenvalue weighted by atomic mass is 15.3. The number of fused-ring (bicyclic) bond motifs is 1. The van der Waals surface area contributed by atoms with Crippen LogP contribution in [-0.4, -0.2) is 40.0 Å². The summed E-state index contributed by atoms with van der Waals surface area (Å²) in [5.74, 6) is 2.51. The molecular formula is C17H22N6. The number of aromatic nitrogens is 4. The minimum atomic E-state index is 0.621. The number of nitrogens with zero attached hydrogens (tertiary/aromatic N) is 5. The summed E-state index contributed by atoms with van der Waals surface area (Å²) in [6.07, 6.45) is 4.78. The molecule has 2 aromatic rings. The second-order valence-electron chi connectivity index (χ2n) is 6.59. The Hall–Kier alpha value is -2.24. The van der Waals surface area contributed by atoms with Crippen molar-refractivity contribution in [2.75, 3.05) is 29.9 Å². The summed E-state index contributed by atoms with van der Waals surface area (Å²) in [6, 6.07) is 6.20. The maximum absolute atomic E-state index is 4.42. The Labute approximate surface area is 136 Å². The molecule has 120 valence electrons. The van der Waals surface area contributed by atoms with E-state index in [1.165, 1.54) is 24.1 Å². The maximum atomic E-state index is 4.42. The lowest BCUT2D eigenvalue weighted by molar-refractivity contribution is 0.424. The maximum Gasteiger partial charge on any atom is 0.151 e. The van der Waals surface area contributed by atoms with E-state index in [9.17, 15) is 0 Å². The third-order valence-electron chi connectivity index (χ3n) is 4.71. The highest BCUT2D eigenvalue weighted by Gasteiger charge is 2.28. The molecule has 2 aromatic heterocycles. The van der Waals surface area contributed by atoms with Gasteiger partial charge >= 0.3 is 0 Å². The van der Waals surface area contributed by atoms with Gasteiger partial charge in [0.15, 0.2) is 5.82 Å². The molecule has 0 radical (unpaired) electrons. The highest BCUT2D eigenvalue weighted by Crippen LogP contribution is 2.26. The van der Waals surface area contributed by atoms with E-state index >= 15 is 0 Å². The average molecular weight is 310 g/mol. The predicted octanol–water partition coefficient (Wildman–Crippen LogP) is 2.00. The summed E-state index contributed by atoms with van der Waals surface area (Å²) in [6.45, 7) is 4.92. The molecular weight excluding hydrogens is 288 g/mol. The lowest BCUT2D eigenvalue weighted by Crippen LogP contribution is -2.50. The van der Waals surface area contributed by atoms with Crippen LogP contribution in [0.1, 0.15) is 29.8 Å². The van der Waals surface area contributed by atoms with E-state index < -0.39 is 0 Å². The largest absolute Gasteiger partial charge is 0.368 e. The molecule has 4 rings (SSSR count). The van der Waals surface area contributed by atoms with Crippen LogP contribution in [0.5, 0.6) is 0 Å². The first-order chi connectivity index (χ1) is 11.3. The van der Waals surface area contributed by atoms with Crippen molar-refractivity contribution in [2.45, 2.75) is 32.6 Å². The van der Waals surface area contributed by atoms with Gasteiger partial charge in [-0.3, -0.25) is 0 Å². The summed E-state index contributed by atoms with van der Waals surface area (Å²) in [7, 11) is 0. The lowest BCUT2D eigenvalue weighted by atomic mass is 9.95. The topological polar surface area (TPSA) is 66.8 Å². The zero-order valence-corrected chi connectivity index (χ0v) is 13.5. The Bertz CT molecular complexity index is 678. The van der Waals surface area contributed by atoms with Crippen molar-refractivity contribution in [3.63, 3.8) is 0 Å². The van der Waals surface area contributed by atoms with Gasteiger partial charge in [-0.2, -0.15) is 10.2 Å². The van der Waals surface area contributed by atoms with E-state index in [0.717, 1.165) is 49.8 Å². The van der Waals surface area contributed by atoms with E-state index in [0.29, 0.717) is 5.92 Å². The number of aryl methyl sites for hydroxylation is 3. The Kier molecular flexibility index (Phi) is 3.81. The van der Waals surface area contributed by atoms with E-state index in [-0.39, 0.29) is 0 Å². The van der Waals surface area contributed by atoms with Gasteiger partial charge in [-0.25, -0.2) is 0 Å². The molecule has 6 nitrogen and oxygen atoms in total. The van der Waals surface area contributed by atoms with Crippen LogP contribution in [0.25, 0.3) is 0 Å². The fraction of sp³-hybridized carbons (Fsp3) is 0.529. The summed E-state index contributed by atoms with van der Waals surface area (Å²) < 4.78 is 0. The predicted molar refractivity (Wildman–Crippen MR) is 89.6 cm³/mol. The van der Waals surface area contributed by atoms with Crippen LogP contribution in [0, 0.1) is 12.8 Å². The molecule has 23 heavy (non-hydrogen) atoms. The zero-order valence-electron chi connectivity index (χ0n) is 13.5. The first-order valence-corrected chi connectivity index (χ1v) is 8.42. The highest BCUT2D eigenvalue weighted by molar-refractivity contribution is 5.45. The summed E-state index contributed by atoms with van der Waals surface area (Å²) in [5.41, 5.74) is 3.55. The Morgan fingerprint density at radius 2 is 1.96 bits per heavy atom. The summed E-state index contributed by atoms with van der Waals surface area (Å²) in [4.78, 5) is 2.31. The van der Waals surface area contributed by atoms with Crippen molar-refractivity contribution >= 4 is 11.6 Å². The third-order valence-corrected chi connectivity index (χ3v) is 4.71. The SMILES string of the molecule is Cc1ccc(NCC2CN(c3cc4c(nn3)CCCC4)C2)nn1. The molecule has 1 aliphatic carbocycles. The van der Waals surface area contributed by atoms with Crippen molar-refractivity contribution < 1.29 is 0 Å². The molecule has 0 aromatic carbocycles. The van der Waals surface area contributed by atoms with Gasteiger partial charge in [0.25, 0.3) is 0 Å². The molecule has 3 heterocycles. The molecule has 1 N–H and O–H groups in total. The fourth-order valence-corrected chi connectivity index (χ4v) is 3.26. The standard InChI is InChI=1S/C17H22N6/c1-12-6-7-16(21-19-12)18-9-13-10-23(11-13)17-8-14-4-2-3-5-15(14)20-22-17/h6-8,13H,2-5,9-11H2,1H3,(H,18,21). The number of anilines is 2. The lowest BCUT2D eigenvalue weighted by Gasteiger charge is -2.40. The number of hydrogen-bond donors (Lipinski definition) is 1. The van der Waals surface area contributed by atoms with Gasteiger partial charge in [0, 0.05) is 25.6 Å². The van der Waals surface area contributed by atoms with Crippen molar-refractivity contribution in [1.29, 1.82) is 0 Å². The number of rotatable bonds is 4. The zero-order chi connectivity index (χ0) is 15.6. The molecule has 6 heteroatoms. The van der Waals surface area contributed by atoms with Crippen molar-refractivity contribution in [3.05, 3.63) is 35.2 Å². The molecule has 0 saturated carbocycles. The van der Waals surface area contributed by atoms with Gasteiger partial charge in [0.05, 0.1) is 11.4 Å². The van der Waals surface area contributed by atoms with Gasteiger partial charge in [0.1, 0.15) is 5.82 Å². The second kappa shape index (κ2) is 6.10. The van der Waals surface area contributed by atoms with Crippen molar-refractivity contribution in [2.24, 2.45) is 5.92 Å². The van der Waals surface area contributed by atoms with Crippen molar-refractivity contribution in [3.8, 4) is 0 Å².